The molecule has 104 valence electrons. The number of urea groups is 1. The molecule has 2 aromatic rings. The summed E-state index contributed by atoms with van der Waals surface area (Å²) in [5, 5.41) is 5.82. The zero-order chi connectivity index (χ0) is 14.4. The molecule has 20 heavy (non-hydrogen) atoms. The zero-order valence-corrected chi connectivity index (χ0v) is 11.8. The van der Waals surface area contributed by atoms with Crippen LogP contribution in [0.3, 0.4) is 0 Å². The molecule has 0 aliphatic heterocycles. The van der Waals surface area contributed by atoms with Gasteiger partial charge in [0.1, 0.15) is 0 Å². The second-order valence-electron chi connectivity index (χ2n) is 5.15. The first-order valence-corrected chi connectivity index (χ1v) is 6.58. The number of benzene rings is 1. The van der Waals surface area contributed by atoms with E-state index in [4.69, 9.17) is 0 Å². The van der Waals surface area contributed by atoms with Crippen molar-refractivity contribution >= 4 is 6.03 Å². The van der Waals surface area contributed by atoms with Crippen LogP contribution in [0.5, 0.6) is 0 Å². The summed E-state index contributed by atoms with van der Waals surface area (Å²) in [5.74, 6) is 0. The van der Waals surface area contributed by atoms with Crippen LogP contribution in [0.15, 0.2) is 54.9 Å². The predicted octanol–water partition coefficient (Wildman–Crippen LogP) is 2.82. The molecule has 0 saturated heterocycles. The summed E-state index contributed by atoms with van der Waals surface area (Å²) in [6.45, 7) is 4.44. The van der Waals surface area contributed by atoms with Crippen LogP contribution in [0.25, 0.3) is 0 Å². The van der Waals surface area contributed by atoms with Gasteiger partial charge in [-0.1, -0.05) is 30.3 Å². The second kappa shape index (κ2) is 6.19. The van der Waals surface area contributed by atoms with Gasteiger partial charge >= 0.3 is 6.03 Å². The van der Waals surface area contributed by atoms with Crippen molar-refractivity contribution in [3.05, 3.63) is 66.0 Å². The van der Waals surface area contributed by atoms with Gasteiger partial charge in [-0.15, -0.1) is 0 Å². The molecule has 4 nitrogen and oxygen atoms in total. The topological polar surface area (TPSA) is 54.0 Å². The molecule has 0 aliphatic rings. The maximum absolute atomic E-state index is 12.0. The Hall–Kier alpha value is -2.36. The van der Waals surface area contributed by atoms with Gasteiger partial charge in [-0.25, -0.2) is 4.79 Å². The van der Waals surface area contributed by atoms with Crippen LogP contribution in [0.2, 0.25) is 0 Å². The average molecular weight is 269 g/mol. The third kappa shape index (κ3) is 3.82. The molecule has 0 bridgehead atoms. The van der Waals surface area contributed by atoms with Crippen LogP contribution in [-0.2, 0) is 12.1 Å². The lowest BCUT2D eigenvalue weighted by atomic mass is 9.96. The number of hydrogen-bond donors (Lipinski definition) is 2. The first-order chi connectivity index (χ1) is 9.58. The Morgan fingerprint density at radius 3 is 2.40 bits per heavy atom. The van der Waals surface area contributed by atoms with Crippen molar-refractivity contribution in [3.8, 4) is 0 Å². The highest BCUT2D eigenvalue weighted by atomic mass is 16.2. The minimum absolute atomic E-state index is 0.185. The van der Waals surface area contributed by atoms with E-state index in [1.165, 1.54) is 0 Å². The van der Waals surface area contributed by atoms with Crippen molar-refractivity contribution in [3.63, 3.8) is 0 Å². The number of carbonyl (C=O) groups excluding carboxylic acids is 1. The van der Waals surface area contributed by atoms with Crippen LogP contribution < -0.4 is 10.6 Å². The molecule has 0 saturated carbocycles. The largest absolute Gasteiger partial charge is 0.334 e. The third-order valence-corrected chi connectivity index (χ3v) is 3.12. The molecule has 0 radical (unpaired) electrons. The molecule has 2 rings (SSSR count). The van der Waals surface area contributed by atoms with Crippen LogP contribution in [-0.4, -0.2) is 11.0 Å². The molecule has 0 unspecified atom stereocenters. The van der Waals surface area contributed by atoms with E-state index in [2.05, 4.69) is 15.6 Å². The summed E-state index contributed by atoms with van der Waals surface area (Å²) in [6.07, 6.45) is 3.45. The van der Waals surface area contributed by atoms with Gasteiger partial charge in [0.2, 0.25) is 0 Å². The van der Waals surface area contributed by atoms with Gasteiger partial charge in [-0.05, 0) is 37.1 Å². The van der Waals surface area contributed by atoms with Crippen molar-refractivity contribution in [2.45, 2.75) is 25.9 Å². The van der Waals surface area contributed by atoms with Crippen molar-refractivity contribution in [2.75, 3.05) is 0 Å². The number of aromatic nitrogens is 1. The van der Waals surface area contributed by atoms with Crippen LogP contribution in [0, 0.1) is 0 Å². The average Bonchev–Trinajstić information content (AvgIpc) is 2.47. The van der Waals surface area contributed by atoms with Gasteiger partial charge in [0.25, 0.3) is 0 Å². The first kappa shape index (κ1) is 14.1. The molecular formula is C16H19N3O. The first-order valence-electron chi connectivity index (χ1n) is 6.58. The summed E-state index contributed by atoms with van der Waals surface area (Å²) >= 11 is 0. The van der Waals surface area contributed by atoms with Crippen LogP contribution >= 0.6 is 0 Å². The fourth-order valence-corrected chi connectivity index (χ4v) is 1.95. The van der Waals surface area contributed by atoms with Crippen LogP contribution in [0.1, 0.15) is 25.0 Å². The molecule has 0 atom stereocenters. The number of nitrogens with one attached hydrogen (secondary N) is 2. The number of rotatable bonds is 4. The number of pyridine rings is 1. The van der Waals surface area contributed by atoms with Crippen LogP contribution in [0.4, 0.5) is 4.79 Å². The Balaban J connectivity index is 1.91. The molecule has 2 amide bonds. The Labute approximate surface area is 119 Å². The second-order valence-corrected chi connectivity index (χ2v) is 5.15. The van der Waals surface area contributed by atoms with Gasteiger partial charge in [-0.2, -0.15) is 0 Å². The molecule has 0 aliphatic carbocycles. The molecular weight excluding hydrogens is 250 g/mol. The summed E-state index contributed by atoms with van der Waals surface area (Å²) in [5.41, 5.74) is 1.65. The lowest BCUT2D eigenvalue weighted by Crippen LogP contribution is -2.46. The van der Waals surface area contributed by atoms with E-state index in [9.17, 15) is 4.79 Å². The Morgan fingerprint density at radius 1 is 1.10 bits per heavy atom. The number of hydrogen-bond acceptors (Lipinski definition) is 2. The molecule has 0 fully saturated rings. The highest BCUT2D eigenvalue weighted by Gasteiger charge is 2.22. The van der Waals surface area contributed by atoms with Crippen molar-refractivity contribution < 1.29 is 4.79 Å². The van der Waals surface area contributed by atoms with Gasteiger partial charge in [0.05, 0.1) is 5.54 Å². The zero-order valence-electron chi connectivity index (χ0n) is 11.8. The number of carbonyl (C=O) groups is 1. The van der Waals surface area contributed by atoms with E-state index in [1.807, 2.05) is 56.3 Å². The van der Waals surface area contributed by atoms with Crippen molar-refractivity contribution in [1.29, 1.82) is 0 Å². The Bertz CT molecular complexity index is 552. The van der Waals surface area contributed by atoms with E-state index >= 15 is 0 Å². The SMILES string of the molecule is CC(C)(NC(=O)NCc1ccccc1)c1ccncc1. The lowest BCUT2D eigenvalue weighted by Gasteiger charge is -2.26. The van der Waals surface area contributed by atoms with E-state index in [0.717, 1.165) is 11.1 Å². The monoisotopic (exact) mass is 269 g/mol. The maximum Gasteiger partial charge on any atom is 0.315 e. The summed E-state index contributed by atoms with van der Waals surface area (Å²) in [6, 6.07) is 13.4. The van der Waals surface area contributed by atoms with E-state index in [0.29, 0.717) is 6.54 Å². The highest BCUT2D eigenvalue weighted by Crippen LogP contribution is 2.18. The fourth-order valence-electron chi connectivity index (χ4n) is 1.95. The van der Waals surface area contributed by atoms with Gasteiger partial charge in [-0.3, -0.25) is 4.98 Å². The molecule has 2 N–H and O–H groups in total. The molecule has 0 spiro atoms. The number of amides is 2. The van der Waals surface area contributed by atoms with Crippen molar-refractivity contribution in [2.24, 2.45) is 0 Å². The molecule has 1 heterocycles. The predicted molar refractivity (Wildman–Crippen MR) is 79.1 cm³/mol. The van der Waals surface area contributed by atoms with Gasteiger partial charge < -0.3 is 10.6 Å². The quantitative estimate of drug-likeness (QED) is 0.896. The van der Waals surface area contributed by atoms with E-state index in [-0.39, 0.29) is 6.03 Å². The number of nitrogens with zero attached hydrogens (tertiary/aromatic N) is 1. The maximum atomic E-state index is 12.0. The summed E-state index contributed by atoms with van der Waals surface area (Å²) in [4.78, 5) is 16.0. The smallest absolute Gasteiger partial charge is 0.315 e. The molecule has 1 aromatic heterocycles. The standard InChI is InChI=1S/C16H19N3O/c1-16(2,14-8-10-17-11-9-14)19-15(20)18-12-13-6-4-3-5-7-13/h3-11H,12H2,1-2H3,(H2,18,19,20). The van der Waals surface area contributed by atoms with Gasteiger partial charge in [0.15, 0.2) is 0 Å². The molecule has 4 heteroatoms. The minimum atomic E-state index is -0.441. The normalized spacial score (nSPS) is 10.9. The summed E-state index contributed by atoms with van der Waals surface area (Å²) in [7, 11) is 0. The minimum Gasteiger partial charge on any atom is -0.334 e. The third-order valence-electron chi connectivity index (χ3n) is 3.12. The fraction of sp³-hybridized carbons (Fsp3) is 0.250. The Kier molecular flexibility index (Phi) is 4.35. The summed E-state index contributed by atoms with van der Waals surface area (Å²) < 4.78 is 0. The highest BCUT2D eigenvalue weighted by molar-refractivity contribution is 5.75. The van der Waals surface area contributed by atoms with E-state index < -0.39 is 5.54 Å². The van der Waals surface area contributed by atoms with Gasteiger partial charge in [0, 0.05) is 18.9 Å². The van der Waals surface area contributed by atoms with Crippen molar-refractivity contribution in [1.82, 2.24) is 15.6 Å². The molecule has 1 aromatic carbocycles. The van der Waals surface area contributed by atoms with E-state index in [1.54, 1.807) is 12.4 Å². The Morgan fingerprint density at radius 2 is 1.75 bits per heavy atom. The lowest BCUT2D eigenvalue weighted by molar-refractivity contribution is 0.229.